The van der Waals surface area contributed by atoms with E-state index in [1.807, 2.05) is 48.7 Å². The SMILES string of the molecule is CC(=O)NC(Cc1c[nH]c2ccccc12)C(=O)NCc1ccccc1-c1ccc(CN(C)C)cc1. The summed E-state index contributed by atoms with van der Waals surface area (Å²) in [5.41, 5.74) is 6.46. The van der Waals surface area contributed by atoms with Crippen LogP contribution in [0.3, 0.4) is 0 Å². The van der Waals surface area contributed by atoms with Crippen LogP contribution in [0, 0.1) is 0 Å². The first-order chi connectivity index (χ1) is 16.9. The molecule has 0 bridgehead atoms. The Morgan fingerprint density at radius 1 is 0.914 bits per heavy atom. The van der Waals surface area contributed by atoms with Crippen molar-refractivity contribution in [2.24, 2.45) is 0 Å². The molecule has 0 aliphatic heterocycles. The molecule has 0 saturated heterocycles. The lowest BCUT2D eigenvalue weighted by molar-refractivity contribution is -0.128. The number of hydrogen-bond acceptors (Lipinski definition) is 3. The molecule has 3 aromatic carbocycles. The van der Waals surface area contributed by atoms with Gasteiger partial charge in [-0.3, -0.25) is 9.59 Å². The topological polar surface area (TPSA) is 77.2 Å². The van der Waals surface area contributed by atoms with E-state index in [1.165, 1.54) is 12.5 Å². The first-order valence-corrected chi connectivity index (χ1v) is 11.8. The van der Waals surface area contributed by atoms with E-state index in [-0.39, 0.29) is 11.8 Å². The zero-order valence-corrected chi connectivity index (χ0v) is 20.5. The Hall–Kier alpha value is -3.90. The third kappa shape index (κ3) is 6.16. The number of hydrogen-bond donors (Lipinski definition) is 3. The lowest BCUT2D eigenvalue weighted by Crippen LogP contribution is -2.47. The van der Waals surface area contributed by atoms with E-state index in [0.29, 0.717) is 13.0 Å². The van der Waals surface area contributed by atoms with Crippen LogP contribution in [0.15, 0.2) is 79.0 Å². The number of carbonyl (C=O) groups excluding carboxylic acids is 2. The van der Waals surface area contributed by atoms with Crippen molar-refractivity contribution in [1.82, 2.24) is 20.5 Å². The van der Waals surface area contributed by atoms with Crippen molar-refractivity contribution in [3.05, 3.63) is 95.7 Å². The van der Waals surface area contributed by atoms with Gasteiger partial charge in [-0.2, -0.15) is 0 Å². The lowest BCUT2D eigenvalue weighted by Gasteiger charge is -2.18. The maximum absolute atomic E-state index is 13.2. The number of aromatic amines is 1. The minimum absolute atomic E-state index is 0.207. The van der Waals surface area contributed by atoms with Crippen molar-refractivity contribution in [2.75, 3.05) is 14.1 Å². The molecule has 6 heteroatoms. The van der Waals surface area contributed by atoms with Crippen LogP contribution >= 0.6 is 0 Å². The van der Waals surface area contributed by atoms with Crippen molar-refractivity contribution in [1.29, 1.82) is 0 Å². The van der Waals surface area contributed by atoms with Gasteiger partial charge in [0.1, 0.15) is 6.04 Å². The van der Waals surface area contributed by atoms with Crippen LogP contribution in [0.25, 0.3) is 22.0 Å². The first kappa shape index (κ1) is 24.2. The van der Waals surface area contributed by atoms with E-state index < -0.39 is 6.04 Å². The number of carbonyl (C=O) groups is 2. The van der Waals surface area contributed by atoms with Crippen molar-refractivity contribution < 1.29 is 9.59 Å². The molecule has 1 heterocycles. The van der Waals surface area contributed by atoms with Gasteiger partial charge in [0.2, 0.25) is 11.8 Å². The summed E-state index contributed by atoms with van der Waals surface area (Å²) in [5.74, 6) is -0.440. The molecular formula is C29H32N4O2. The first-order valence-electron chi connectivity index (χ1n) is 11.8. The van der Waals surface area contributed by atoms with Crippen LogP contribution in [-0.4, -0.2) is 41.8 Å². The van der Waals surface area contributed by atoms with E-state index in [4.69, 9.17) is 0 Å². The Morgan fingerprint density at radius 3 is 2.37 bits per heavy atom. The number of aromatic nitrogens is 1. The van der Waals surface area contributed by atoms with Crippen molar-refractivity contribution >= 4 is 22.7 Å². The van der Waals surface area contributed by atoms with Crippen LogP contribution in [0.2, 0.25) is 0 Å². The van der Waals surface area contributed by atoms with Crippen LogP contribution in [0.4, 0.5) is 0 Å². The largest absolute Gasteiger partial charge is 0.361 e. The van der Waals surface area contributed by atoms with E-state index in [2.05, 4.69) is 64.9 Å². The molecule has 35 heavy (non-hydrogen) atoms. The summed E-state index contributed by atoms with van der Waals surface area (Å²) in [6.07, 6.45) is 2.31. The molecule has 180 valence electrons. The predicted octanol–water partition coefficient (Wildman–Crippen LogP) is 4.26. The Balaban J connectivity index is 1.48. The Bertz CT molecular complexity index is 1310. The smallest absolute Gasteiger partial charge is 0.243 e. The summed E-state index contributed by atoms with van der Waals surface area (Å²) < 4.78 is 0. The molecule has 4 aromatic rings. The quantitative estimate of drug-likeness (QED) is 0.344. The number of amides is 2. The summed E-state index contributed by atoms with van der Waals surface area (Å²) in [6, 6.07) is 23.9. The molecule has 1 aromatic heterocycles. The van der Waals surface area contributed by atoms with Crippen molar-refractivity contribution in [3.8, 4) is 11.1 Å². The molecule has 0 radical (unpaired) electrons. The van der Waals surface area contributed by atoms with E-state index in [1.54, 1.807) is 0 Å². The third-order valence-corrected chi connectivity index (χ3v) is 6.03. The number of rotatable bonds is 9. The minimum atomic E-state index is -0.663. The molecule has 0 aliphatic carbocycles. The van der Waals surface area contributed by atoms with Crippen LogP contribution in [0.1, 0.15) is 23.6 Å². The molecule has 3 N–H and O–H groups in total. The summed E-state index contributed by atoms with van der Waals surface area (Å²) in [7, 11) is 4.11. The highest BCUT2D eigenvalue weighted by Crippen LogP contribution is 2.25. The van der Waals surface area contributed by atoms with Crippen molar-refractivity contribution in [2.45, 2.75) is 32.5 Å². The molecule has 0 aliphatic rings. The van der Waals surface area contributed by atoms with Gasteiger partial charge in [-0.05, 0) is 48.0 Å². The fourth-order valence-corrected chi connectivity index (χ4v) is 4.39. The molecule has 6 nitrogen and oxygen atoms in total. The number of fused-ring (bicyclic) bond motifs is 1. The Labute approximate surface area is 206 Å². The second kappa shape index (κ2) is 11.0. The number of para-hydroxylation sites is 1. The van der Waals surface area contributed by atoms with Crippen LogP contribution < -0.4 is 10.6 Å². The lowest BCUT2D eigenvalue weighted by atomic mass is 9.98. The maximum Gasteiger partial charge on any atom is 0.243 e. The summed E-state index contributed by atoms with van der Waals surface area (Å²) in [4.78, 5) is 30.4. The fraction of sp³-hybridized carbons (Fsp3) is 0.241. The number of benzene rings is 3. The molecule has 1 unspecified atom stereocenters. The standard InChI is InChI=1S/C29H32N4O2/c1-20(34)32-28(16-24-18-30-27-11-7-6-10-26(24)27)29(35)31-17-23-8-4-5-9-25(23)22-14-12-21(13-15-22)19-33(2)3/h4-15,18,28,30H,16-17,19H2,1-3H3,(H,31,35)(H,32,34). The normalized spacial score (nSPS) is 12.0. The molecular weight excluding hydrogens is 436 g/mol. The maximum atomic E-state index is 13.2. The highest BCUT2D eigenvalue weighted by atomic mass is 16.2. The molecule has 0 fully saturated rings. The van der Waals surface area contributed by atoms with Gasteiger partial charge in [-0.1, -0.05) is 66.7 Å². The highest BCUT2D eigenvalue weighted by Gasteiger charge is 2.21. The summed E-state index contributed by atoms with van der Waals surface area (Å²) in [5, 5.41) is 6.91. The predicted molar refractivity (Wildman–Crippen MR) is 141 cm³/mol. The zero-order valence-electron chi connectivity index (χ0n) is 20.5. The monoisotopic (exact) mass is 468 g/mol. The van der Waals surface area contributed by atoms with Crippen molar-refractivity contribution in [3.63, 3.8) is 0 Å². The highest BCUT2D eigenvalue weighted by molar-refractivity contribution is 5.89. The van der Waals surface area contributed by atoms with E-state index >= 15 is 0 Å². The van der Waals surface area contributed by atoms with E-state index in [9.17, 15) is 9.59 Å². The molecule has 0 spiro atoms. The third-order valence-electron chi connectivity index (χ3n) is 6.03. The number of nitrogens with zero attached hydrogens (tertiary/aromatic N) is 1. The number of H-pyrrole nitrogens is 1. The van der Waals surface area contributed by atoms with Gasteiger partial charge in [0.15, 0.2) is 0 Å². The van der Waals surface area contributed by atoms with Gasteiger partial charge in [-0.25, -0.2) is 0 Å². The van der Waals surface area contributed by atoms with Gasteiger partial charge in [0.05, 0.1) is 0 Å². The zero-order chi connectivity index (χ0) is 24.8. The van der Waals surface area contributed by atoms with Gasteiger partial charge < -0.3 is 20.5 Å². The van der Waals surface area contributed by atoms with Crippen LogP contribution in [-0.2, 0) is 29.1 Å². The fourth-order valence-electron chi connectivity index (χ4n) is 4.39. The second-order valence-electron chi connectivity index (χ2n) is 9.13. The van der Waals surface area contributed by atoms with Crippen LogP contribution in [0.5, 0.6) is 0 Å². The Kier molecular flexibility index (Phi) is 7.63. The summed E-state index contributed by atoms with van der Waals surface area (Å²) >= 11 is 0. The summed E-state index contributed by atoms with van der Waals surface area (Å²) in [6.45, 7) is 2.70. The van der Waals surface area contributed by atoms with Gasteiger partial charge in [-0.15, -0.1) is 0 Å². The molecule has 0 saturated carbocycles. The molecule has 4 rings (SSSR count). The molecule has 2 amide bonds. The average Bonchev–Trinajstić information content (AvgIpc) is 3.25. The van der Waals surface area contributed by atoms with Gasteiger partial charge >= 0.3 is 0 Å². The van der Waals surface area contributed by atoms with Gasteiger partial charge in [0.25, 0.3) is 0 Å². The average molecular weight is 469 g/mol. The molecule has 1 atom stereocenters. The minimum Gasteiger partial charge on any atom is -0.361 e. The number of nitrogens with one attached hydrogen (secondary N) is 3. The van der Waals surface area contributed by atoms with E-state index in [0.717, 1.165) is 39.7 Å². The Morgan fingerprint density at radius 2 is 1.63 bits per heavy atom. The second-order valence-corrected chi connectivity index (χ2v) is 9.13. The van der Waals surface area contributed by atoms with Gasteiger partial charge in [0, 0.05) is 43.5 Å².